The number of halogens is 1. The van der Waals surface area contributed by atoms with E-state index >= 15 is 0 Å². The van der Waals surface area contributed by atoms with Crippen LogP contribution in [0.5, 0.6) is 5.75 Å². The fourth-order valence-corrected chi connectivity index (χ4v) is 2.58. The van der Waals surface area contributed by atoms with Crippen molar-refractivity contribution in [2.45, 2.75) is 38.7 Å². The molecule has 2 rings (SSSR count). The number of aliphatic hydroxyl groups is 1. The maximum Gasteiger partial charge on any atom is 0.306 e. The molecule has 0 aromatic heterocycles. The molecule has 126 valence electrons. The third kappa shape index (κ3) is 4.45. The number of Topliss-reactive ketones (excluding diaryl/α,β-unsaturated/α-hetero) is 1. The highest BCUT2D eigenvalue weighted by molar-refractivity contribution is 6.32. The number of rotatable bonds is 7. The monoisotopic (exact) mass is 340 g/mol. The van der Waals surface area contributed by atoms with Crippen LogP contribution in [0.4, 0.5) is 0 Å². The molecule has 0 bridgehead atoms. The van der Waals surface area contributed by atoms with Crippen LogP contribution >= 0.6 is 11.6 Å². The number of methoxy groups -OCH3 is 1. The molecule has 0 amide bonds. The van der Waals surface area contributed by atoms with Gasteiger partial charge in [-0.05, 0) is 37.5 Å². The van der Waals surface area contributed by atoms with Gasteiger partial charge in [-0.1, -0.05) is 18.5 Å². The zero-order chi connectivity index (χ0) is 17.2. The molecule has 0 heterocycles. The highest BCUT2D eigenvalue weighted by Gasteiger charge is 2.41. The number of hydrogen-bond donors (Lipinski definition) is 1. The minimum absolute atomic E-state index is 0.0251. The number of hydrogen-bond acceptors (Lipinski definition) is 5. The van der Waals surface area contributed by atoms with Gasteiger partial charge in [0.25, 0.3) is 0 Å². The van der Waals surface area contributed by atoms with E-state index < -0.39 is 17.5 Å². The van der Waals surface area contributed by atoms with E-state index in [2.05, 4.69) is 4.74 Å². The predicted molar refractivity (Wildman–Crippen MR) is 86.0 cm³/mol. The molecule has 1 atom stereocenters. The normalized spacial score (nSPS) is 16.6. The summed E-state index contributed by atoms with van der Waals surface area (Å²) in [6, 6.07) is 3.23. The Morgan fingerprint density at radius 2 is 2.04 bits per heavy atom. The highest BCUT2D eigenvalue weighted by Crippen LogP contribution is 2.37. The Labute approximate surface area is 140 Å². The summed E-state index contributed by atoms with van der Waals surface area (Å²) in [5.74, 6) is -0.611. The van der Waals surface area contributed by atoms with Gasteiger partial charge >= 0.3 is 5.97 Å². The first-order valence-electron chi connectivity index (χ1n) is 7.52. The van der Waals surface area contributed by atoms with Crippen molar-refractivity contribution < 1.29 is 24.2 Å². The van der Waals surface area contributed by atoms with Crippen LogP contribution in [-0.2, 0) is 9.53 Å². The van der Waals surface area contributed by atoms with Crippen LogP contribution in [-0.4, -0.2) is 36.2 Å². The number of carbonyl (C=O) groups is 2. The van der Waals surface area contributed by atoms with E-state index in [0.717, 1.165) is 18.4 Å². The average molecular weight is 341 g/mol. The molecule has 6 heteroatoms. The Balaban J connectivity index is 2.11. The van der Waals surface area contributed by atoms with Crippen LogP contribution in [0.2, 0.25) is 5.02 Å². The van der Waals surface area contributed by atoms with E-state index in [1.54, 1.807) is 19.9 Å². The topological polar surface area (TPSA) is 72.8 Å². The van der Waals surface area contributed by atoms with Gasteiger partial charge in [0.05, 0.1) is 24.2 Å². The third-order valence-electron chi connectivity index (χ3n) is 3.97. The van der Waals surface area contributed by atoms with Crippen molar-refractivity contribution in [1.82, 2.24) is 0 Å². The van der Waals surface area contributed by atoms with Gasteiger partial charge < -0.3 is 14.6 Å². The lowest BCUT2D eigenvalue weighted by atomic mass is 9.95. The molecular formula is C17H21ClO5. The molecular weight excluding hydrogens is 320 g/mol. The molecule has 1 unspecified atom stereocenters. The molecule has 1 aromatic rings. The fraction of sp³-hybridized carbons (Fsp3) is 0.529. The van der Waals surface area contributed by atoms with Gasteiger partial charge in [-0.2, -0.15) is 0 Å². The summed E-state index contributed by atoms with van der Waals surface area (Å²) in [4.78, 5) is 23.7. The Kier molecular flexibility index (Phi) is 5.32. The zero-order valence-electron chi connectivity index (χ0n) is 13.5. The summed E-state index contributed by atoms with van der Waals surface area (Å²) in [5, 5.41) is 10.2. The van der Waals surface area contributed by atoms with Gasteiger partial charge in [-0.3, -0.25) is 9.59 Å². The van der Waals surface area contributed by atoms with E-state index in [0.29, 0.717) is 16.3 Å². The molecule has 0 saturated heterocycles. The molecule has 0 spiro atoms. The second kappa shape index (κ2) is 6.89. The molecule has 23 heavy (non-hydrogen) atoms. The molecule has 1 aliphatic carbocycles. The Morgan fingerprint density at radius 3 is 2.57 bits per heavy atom. The number of esters is 1. The number of carbonyl (C=O) groups excluding carboxylic acids is 2. The first kappa shape index (κ1) is 17.8. The summed E-state index contributed by atoms with van der Waals surface area (Å²) >= 11 is 6.22. The van der Waals surface area contributed by atoms with Gasteiger partial charge in [0, 0.05) is 11.5 Å². The number of ether oxygens (including phenoxy) is 2. The van der Waals surface area contributed by atoms with Crippen molar-refractivity contribution >= 4 is 23.4 Å². The standard InChI is InChI=1S/C17H21ClO5/c1-10(7-14(19)22-3)15(20)12-6-11(2)16(13(18)8-12)23-9-17(21)4-5-17/h6,8,10,21H,4-5,7,9H2,1-3H3. The number of aryl methyl sites for hydroxylation is 1. The zero-order valence-corrected chi connectivity index (χ0v) is 14.3. The minimum Gasteiger partial charge on any atom is -0.489 e. The van der Waals surface area contributed by atoms with Crippen molar-refractivity contribution in [2.24, 2.45) is 5.92 Å². The lowest BCUT2D eigenvalue weighted by molar-refractivity contribution is -0.141. The maximum absolute atomic E-state index is 12.4. The van der Waals surface area contributed by atoms with Crippen LogP contribution in [0.3, 0.4) is 0 Å². The lowest BCUT2D eigenvalue weighted by Crippen LogP contribution is -2.19. The van der Waals surface area contributed by atoms with E-state index in [4.69, 9.17) is 16.3 Å². The van der Waals surface area contributed by atoms with Crippen molar-refractivity contribution in [3.8, 4) is 5.75 Å². The molecule has 1 fully saturated rings. The fourth-order valence-electron chi connectivity index (χ4n) is 2.26. The van der Waals surface area contributed by atoms with Crippen molar-refractivity contribution in [3.63, 3.8) is 0 Å². The van der Waals surface area contributed by atoms with Gasteiger partial charge in [0.1, 0.15) is 12.4 Å². The van der Waals surface area contributed by atoms with Crippen molar-refractivity contribution in [2.75, 3.05) is 13.7 Å². The molecule has 1 saturated carbocycles. The molecule has 5 nitrogen and oxygen atoms in total. The molecule has 1 aromatic carbocycles. The van der Waals surface area contributed by atoms with Crippen LogP contribution in [0.25, 0.3) is 0 Å². The number of ketones is 1. The van der Waals surface area contributed by atoms with Gasteiger partial charge in [0.2, 0.25) is 0 Å². The minimum atomic E-state index is -0.737. The van der Waals surface area contributed by atoms with E-state index in [9.17, 15) is 14.7 Å². The Bertz CT molecular complexity index is 598. The summed E-state index contributed by atoms with van der Waals surface area (Å²) < 4.78 is 10.2. The van der Waals surface area contributed by atoms with Crippen LogP contribution in [0.15, 0.2) is 12.1 Å². The molecule has 1 aliphatic rings. The number of benzene rings is 1. The molecule has 0 radical (unpaired) electrons. The quantitative estimate of drug-likeness (QED) is 0.610. The first-order valence-corrected chi connectivity index (χ1v) is 7.90. The second-order valence-corrected chi connectivity index (χ2v) is 6.57. The van der Waals surface area contributed by atoms with E-state index in [1.165, 1.54) is 13.2 Å². The van der Waals surface area contributed by atoms with Crippen LogP contribution < -0.4 is 4.74 Å². The lowest BCUT2D eigenvalue weighted by Gasteiger charge is -2.16. The summed E-state index contributed by atoms with van der Waals surface area (Å²) in [6.07, 6.45) is 1.48. The van der Waals surface area contributed by atoms with Gasteiger partial charge in [-0.25, -0.2) is 0 Å². The largest absolute Gasteiger partial charge is 0.489 e. The summed E-state index contributed by atoms with van der Waals surface area (Å²) in [6.45, 7) is 3.66. The highest BCUT2D eigenvalue weighted by atomic mass is 35.5. The second-order valence-electron chi connectivity index (χ2n) is 6.16. The summed E-state index contributed by atoms with van der Waals surface area (Å²) in [5.41, 5.74) is 0.413. The van der Waals surface area contributed by atoms with Crippen LogP contribution in [0.1, 0.15) is 42.1 Å². The SMILES string of the molecule is COC(=O)CC(C)C(=O)c1cc(C)c(OCC2(O)CC2)c(Cl)c1. The van der Waals surface area contributed by atoms with Crippen molar-refractivity contribution in [1.29, 1.82) is 0 Å². The first-order chi connectivity index (χ1) is 10.8. The maximum atomic E-state index is 12.4. The van der Waals surface area contributed by atoms with E-state index in [1.807, 2.05) is 0 Å². The molecule has 1 N–H and O–H groups in total. The predicted octanol–water partition coefficient (Wildman–Crippen LogP) is 2.93. The average Bonchev–Trinajstić information content (AvgIpc) is 3.23. The van der Waals surface area contributed by atoms with Gasteiger partial charge in [0.15, 0.2) is 5.78 Å². The van der Waals surface area contributed by atoms with Gasteiger partial charge in [-0.15, -0.1) is 0 Å². The van der Waals surface area contributed by atoms with Crippen molar-refractivity contribution in [3.05, 3.63) is 28.3 Å². The third-order valence-corrected chi connectivity index (χ3v) is 4.26. The molecule has 0 aliphatic heterocycles. The van der Waals surface area contributed by atoms with E-state index in [-0.39, 0.29) is 18.8 Å². The van der Waals surface area contributed by atoms with Crippen LogP contribution in [0, 0.1) is 12.8 Å². The Hall–Kier alpha value is -1.59. The summed E-state index contributed by atoms with van der Waals surface area (Å²) in [7, 11) is 1.29. The smallest absolute Gasteiger partial charge is 0.306 e. The Morgan fingerprint density at radius 1 is 1.39 bits per heavy atom.